The minimum atomic E-state index is -2.40. The van der Waals surface area contributed by atoms with Crippen molar-refractivity contribution in [2.24, 2.45) is 0 Å². The van der Waals surface area contributed by atoms with Crippen LogP contribution in [0.5, 0.6) is 0 Å². The number of hydrogen-bond donors (Lipinski definition) is 9. The fraction of sp³-hybridized carbons (Fsp3) is 0.833. The van der Waals surface area contributed by atoms with Gasteiger partial charge >= 0.3 is 5.97 Å². The van der Waals surface area contributed by atoms with E-state index in [0.717, 1.165) is 0 Å². The molecule has 0 rings (SSSR count). The highest BCUT2D eigenvalue weighted by molar-refractivity contribution is 6.35. The molecular weight excluding hydrogens is 336 g/mol. The zero-order valence-corrected chi connectivity index (χ0v) is 12.4. The van der Waals surface area contributed by atoms with Crippen LogP contribution in [0.3, 0.4) is 0 Å². The van der Waals surface area contributed by atoms with Crippen molar-refractivity contribution < 1.29 is 60.3 Å². The van der Waals surface area contributed by atoms with Crippen LogP contribution in [0, 0.1) is 0 Å². The standard InChI is InChI=1S/C12H22O12/c13-1-4(15)7(18)9(20)6(17)3-24-12(23)11(22)10(21)8(19)5(16)2-14/h4-10,13-21H,1-3H2/t4-,5+,6-,7-,8-,9-,10-/m1/s1. The number of ketones is 1. The van der Waals surface area contributed by atoms with Crippen molar-refractivity contribution in [1.82, 2.24) is 0 Å². The van der Waals surface area contributed by atoms with Crippen molar-refractivity contribution in [3.8, 4) is 0 Å². The molecule has 0 unspecified atom stereocenters. The molecule has 12 heteroatoms. The first-order valence-electron chi connectivity index (χ1n) is 6.77. The van der Waals surface area contributed by atoms with Crippen LogP contribution in [0.25, 0.3) is 0 Å². The molecule has 0 saturated heterocycles. The van der Waals surface area contributed by atoms with Crippen molar-refractivity contribution in [3.05, 3.63) is 0 Å². The van der Waals surface area contributed by atoms with Gasteiger partial charge in [0.05, 0.1) is 13.2 Å². The van der Waals surface area contributed by atoms with Crippen molar-refractivity contribution in [3.63, 3.8) is 0 Å². The SMILES string of the molecule is O=C(OC[C@@H](O)[C@@H](O)[C@H](O)[C@H](O)CO)C(=O)[C@H](O)[C@H](O)[C@@H](O)CO. The summed E-state index contributed by atoms with van der Waals surface area (Å²) in [6.07, 6.45) is -14.2. The van der Waals surface area contributed by atoms with Gasteiger partial charge in [-0.2, -0.15) is 0 Å². The van der Waals surface area contributed by atoms with Crippen LogP contribution in [0.2, 0.25) is 0 Å². The number of esters is 1. The third-order valence-corrected chi connectivity index (χ3v) is 3.09. The highest BCUT2D eigenvalue weighted by atomic mass is 16.6. The minimum Gasteiger partial charge on any atom is -0.457 e. The van der Waals surface area contributed by atoms with E-state index in [4.69, 9.17) is 20.4 Å². The summed E-state index contributed by atoms with van der Waals surface area (Å²) in [5.41, 5.74) is 0. The molecule has 0 radical (unpaired) electrons. The molecule has 0 amide bonds. The Morgan fingerprint density at radius 1 is 0.708 bits per heavy atom. The van der Waals surface area contributed by atoms with Gasteiger partial charge in [-0.1, -0.05) is 0 Å². The summed E-state index contributed by atoms with van der Waals surface area (Å²) in [6.45, 7) is -2.93. The average molecular weight is 358 g/mol. The zero-order chi connectivity index (χ0) is 19.0. The summed E-state index contributed by atoms with van der Waals surface area (Å²) in [4.78, 5) is 22.8. The molecular formula is C12H22O12. The molecule has 7 atom stereocenters. The van der Waals surface area contributed by atoms with Gasteiger partial charge in [-0.25, -0.2) is 4.79 Å². The van der Waals surface area contributed by atoms with Gasteiger partial charge < -0.3 is 50.7 Å². The van der Waals surface area contributed by atoms with Crippen LogP contribution in [-0.4, -0.2) is 120 Å². The van der Waals surface area contributed by atoms with Crippen LogP contribution >= 0.6 is 0 Å². The fourth-order valence-electron chi connectivity index (χ4n) is 1.49. The van der Waals surface area contributed by atoms with Gasteiger partial charge in [0.25, 0.3) is 5.78 Å². The molecule has 12 nitrogen and oxygen atoms in total. The molecule has 0 saturated carbocycles. The van der Waals surface area contributed by atoms with E-state index in [1.165, 1.54) is 0 Å². The van der Waals surface area contributed by atoms with Crippen molar-refractivity contribution >= 4 is 11.8 Å². The number of carbonyl (C=O) groups excluding carboxylic acids is 2. The van der Waals surface area contributed by atoms with Crippen LogP contribution < -0.4 is 0 Å². The lowest BCUT2D eigenvalue weighted by Crippen LogP contribution is -2.49. The number of ether oxygens (including phenoxy) is 1. The lowest BCUT2D eigenvalue weighted by molar-refractivity contribution is -0.169. The molecule has 0 bridgehead atoms. The Bertz CT molecular complexity index is 401. The first-order chi connectivity index (χ1) is 11.1. The Balaban J connectivity index is 4.54. The van der Waals surface area contributed by atoms with Gasteiger partial charge in [-0.15, -0.1) is 0 Å². The molecule has 0 spiro atoms. The number of carbonyl (C=O) groups is 2. The maximum atomic E-state index is 11.4. The lowest BCUT2D eigenvalue weighted by Gasteiger charge is -2.25. The van der Waals surface area contributed by atoms with Gasteiger partial charge in [0, 0.05) is 0 Å². The van der Waals surface area contributed by atoms with E-state index in [-0.39, 0.29) is 0 Å². The lowest BCUT2D eigenvalue weighted by atomic mass is 10.0. The smallest absolute Gasteiger partial charge is 0.377 e. The summed E-state index contributed by atoms with van der Waals surface area (Å²) >= 11 is 0. The van der Waals surface area contributed by atoms with E-state index in [2.05, 4.69) is 4.74 Å². The maximum Gasteiger partial charge on any atom is 0.377 e. The molecule has 0 fully saturated rings. The molecule has 0 aliphatic rings. The van der Waals surface area contributed by atoms with E-state index < -0.39 is 74.3 Å². The second-order valence-corrected chi connectivity index (χ2v) is 4.95. The highest BCUT2D eigenvalue weighted by Crippen LogP contribution is 2.07. The Morgan fingerprint density at radius 3 is 1.58 bits per heavy atom. The number of aliphatic hydroxyl groups excluding tert-OH is 9. The predicted octanol–water partition coefficient (Wildman–Crippen LogP) is -6.39. The van der Waals surface area contributed by atoms with Gasteiger partial charge in [-0.3, -0.25) is 4.79 Å². The molecule has 9 N–H and O–H groups in total. The summed E-state index contributed by atoms with van der Waals surface area (Å²) in [5.74, 6) is -3.41. The van der Waals surface area contributed by atoms with Crippen LogP contribution in [0.4, 0.5) is 0 Å². The van der Waals surface area contributed by atoms with Gasteiger partial charge in [0.15, 0.2) is 6.10 Å². The van der Waals surface area contributed by atoms with E-state index >= 15 is 0 Å². The molecule has 0 heterocycles. The van der Waals surface area contributed by atoms with Crippen LogP contribution in [0.1, 0.15) is 0 Å². The second-order valence-electron chi connectivity index (χ2n) is 4.95. The topological polar surface area (TPSA) is 225 Å². The first-order valence-corrected chi connectivity index (χ1v) is 6.77. The van der Waals surface area contributed by atoms with Crippen molar-refractivity contribution in [2.75, 3.05) is 19.8 Å². The van der Waals surface area contributed by atoms with Crippen molar-refractivity contribution in [2.45, 2.75) is 42.7 Å². The summed E-state index contributed by atoms with van der Waals surface area (Å²) in [5, 5.41) is 82.1. The second kappa shape index (κ2) is 10.6. The van der Waals surface area contributed by atoms with Crippen LogP contribution in [0.15, 0.2) is 0 Å². The number of rotatable bonds is 11. The molecule has 142 valence electrons. The Hall–Kier alpha value is -1.22. The minimum absolute atomic E-state index is 0.916. The maximum absolute atomic E-state index is 11.4. The number of aliphatic hydroxyl groups is 9. The predicted molar refractivity (Wildman–Crippen MR) is 72.2 cm³/mol. The Labute approximate surface area is 135 Å². The molecule has 0 aromatic carbocycles. The molecule has 0 aromatic rings. The van der Waals surface area contributed by atoms with Crippen molar-refractivity contribution in [1.29, 1.82) is 0 Å². The molecule has 24 heavy (non-hydrogen) atoms. The van der Waals surface area contributed by atoms with E-state index in [1.807, 2.05) is 0 Å². The summed E-state index contributed by atoms with van der Waals surface area (Å²) < 4.78 is 4.27. The van der Waals surface area contributed by atoms with Gasteiger partial charge in [0.2, 0.25) is 0 Å². The Kier molecular flexibility index (Phi) is 10.1. The molecule has 0 aliphatic heterocycles. The highest BCUT2D eigenvalue weighted by Gasteiger charge is 2.36. The zero-order valence-electron chi connectivity index (χ0n) is 12.4. The largest absolute Gasteiger partial charge is 0.457 e. The quantitative estimate of drug-likeness (QED) is 0.124. The third-order valence-electron chi connectivity index (χ3n) is 3.09. The monoisotopic (exact) mass is 358 g/mol. The summed E-state index contributed by atoms with van der Waals surface area (Å²) in [7, 11) is 0. The fourth-order valence-corrected chi connectivity index (χ4v) is 1.49. The van der Waals surface area contributed by atoms with E-state index in [9.17, 15) is 35.1 Å². The first kappa shape index (κ1) is 22.8. The number of hydrogen-bond acceptors (Lipinski definition) is 12. The van der Waals surface area contributed by atoms with E-state index in [1.54, 1.807) is 0 Å². The molecule has 0 aliphatic carbocycles. The average Bonchev–Trinajstić information content (AvgIpc) is 2.60. The van der Waals surface area contributed by atoms with E-state index in [0.29, 0.717) is 0 Å². The summed E-state index contributed by atoms with van der Waals surface area (Å²) in [6, 6.07) is 0. The third kappa shape index (κ3) is 6.35. The Morgan fingerprint density at radius 2 is 1.12 bits per heavy atom. The van der Waals surface area contributed by atoms with Gasteiger partial charge in [-0.05, 0) is 0 Å². The molecule has 0 aromatic heterocycles. The van der Waals surface area contributed by atoms with Crippen LogP contribution in [-0.2, 0) is 14.3 Å². The number of Topliss-reactive ketones (excluding diaryl/α,β-unsaturated/α-hetero) is 1. The van der Waals surface area contributed by atoms with Gasteiger partial charge in [0.1, 0.15) is 43.2 Å². The normalized spacial score (nSPS) is 20.4.